The van der Waals surface area contributed by atoms with Crippen molar-refractivity contribution < 1.29 is 118 Å². The molecular formula is C46H84N4O24. The Morgan fingerprint density at radius 1 is 0.649 bits per heavy atom. The number of hydrogen-bond donors (Lipinski definition) is 14. The quantitative estimate of drug-likeness (QED) is 0.0289. The Labute approximate surface area is 430 Å². The monoisotopic (exact) mass is 1080 g/mol. The van der Waals surface area contributed by atoms with Crippen LogP contribution in [-0.2, 0) is 57.1 Å². The van der Waals surface area contributed by atoms with Crippen LogP contribution < -0.4 is 21.3 Å². The number of methoxy groups -OCH3 is 2. The summed E-state index contributed by atoms with van der Waals surface area (Å²) in [6.45, 7) is 10.1. The SMILES string of the molecule is COCCOCCOC(=O)NCC(=O)NC1C(O)C(CC(C)C)C(C(=O)O)OC1C(O)C(O)CO.COCCOCCOC(=O)NCC(=O)NC1C(O)CC(CC(C(C)C)C(C)C)(C(=O)O)OC1C(O)C(O)CO. The van der Waals surface area contributed by atoms with E-state index in [1.54, 1.807) is 0 Å². The Kier molecular flexibility index (Phi) is 32.3. The number of amides is 4. The van der Waals surface area contributed by atoms with Gasteiger partial charge in [0.2, 0.25) is 11.8 Å². The molecule has 0 spiro atoms. The number of carboxylic acid groups (broad SMARTS) is 2. The van der Waals surface area contributed by atoms with E-state index in [4.69, 9.17) is 37.9 Å². The van der Waals surface area contributed by atoms with E-state index in [0.29, 0.717) is 26.4 Å². The van der Waals surface area contributed by atoms with Crippen LogP contribution in [0.4, 0.5) is 9.59 Å². The smallest absolute Gasteiger partial charge is 0.407 e. The Morgan fingerprint density at radius 2 is 1.09 bits per heavy atom. The van der Waals surface area contributed by atoms with E-state index in [0.717, 1.165) is 0 Å². The van der Waals surface area contributed by atoms with E-state index in [2.05, 4.69) is 21.3 Å². The average Bonchev–Trinajstić information content (AvgIpc) is 3.34. The number of rotatable bonds is 32. The highest BCUT2D eigenvalue weighted by Gasteiger charge is 2.56. The number of hydrogen-bond acceptors (Lipinski definition) is 22. The number of carbonyl (C=O) groups excluding carboxylic acids is 4. The molecule has 0 aromatic heterocycles. The zero-order valence-electron chi connectivity index (χ0n) is 43.5. The molecular weight excluding hydrogens is 993 g/mol. The molecule has 2 aliphatic rings. The van der Waals surface area contributed by atoms with E-state index in [-0.39, 0.29) is 62.9 Å². The third-order valence-electron chi connectivity index (χ3n) is 12.2. The maximum atomic E-state index is 12.6. The molecule has 13 atom stereocenters. The fourth-order valence-electron chi connectivity index (χ4n) is 8.42. The summed E-state index contributed by atoms with van der Waals surface area (Å²) >= 11 is 0. The molecule has 432 valence electrons. The molecule has 0 radical (unpaired) electrons. The molecule has 0 aromatic rings. The molecule has 28 heteroatoms. The zero-order valence-corrected chi connectivity index (χ0v) is 43.5. The largest absolute Gasteiger partial charge is 0.479 e. The third-order valence-corrected chi connectivity index (χ3v) is 12.2. The van der Waals surface area contributed by atoms with Gasteiger partial charge >= 0.3 is 24.1 Å². The van der Waals surface area contributed by atoms with Gasteiger partial charge in [0.05, 0.1) is 77.1 Å². The first-order chi connectivity index (χ1) is 34.8. The van der Waals surface area contributed by atoms with Gasteiger partial charge in [0.15, 0.2) is 11.7 Å². The molecule has 74 heavy (non-hydrogen) atoms. The lowest BCUT2D eigenvalue weighted by molar-refractivity contribution is -0.235. The van der Waals surface area contributed by atoms with Crippen molar-refractivity contribution in [3.63, 3.8) is 0 Å². The predicted molar refractivity (Wildman–Crippen MR) is 255 cm³/mol. The van der Waals surface area contributed by atoms with E-state index in [9.17, 15) is 79.8 Å². The van der Waals surface area contributed by atoms with Crippen molar-refractivity contribution in [1.82, 2.24) is 21.3 Å². The summed E-state index contributed by atoms with van der Waals surface area (Å²) in [5.74, 6) is -5.27. The summed E-state index contributed by atoms with van der Waals surface area (Å²) in [5, 5.41) is 111. The van der Waals surface area contributed by atoms with E-state index in [1.807, 2.05) is 41.5 Å². The Hall–Kier alpha value is -4.14. The lowest BCUT2D eigenvalue weighted by Gasteiger charge is -2.48. The van der Waals surface area contributed by atoms with Crippen LogP contribution in [-0.4, -0.2) is 253 Å². The van der Waals surface area contributed by atoms with Gasteiger partial charge in [-0.2, -0.15) is 0 Å². The molecule has 2 heterocycles. The van der Waals surface area contributed by atoms with E-state index >= 15 is 0 Å². The number of carbonyl (C=O) groups is 6. The minimum atomic E-state index is -1.92. The second-order valence-corrected chi connectivity index (χ2v) is 19.0. The van der Waals surface area contributed by atoms with Crippen LogP contribution in [0.25, 0.3) is 0 Å². The molecule has 2 fully saturated rings. The van der Waals surface area contributed by atoms with Crippen molar-refractivity contribution in [1.29, 1.82) is 0 Å². The molecule has 0 saturated carbocycles. The van der Waals surface area contributed by atoms with E-state index < -0.39 is 147 Å². The number of ether oxygens (including phenoxy) is 8. The van der Waals surface area contributed by atoms with Gasteiger partial charge in [-0.05, 0) is 36.5 Å². The summed E-state index contributed by atoms with van der Waals surface area (Å²) in [6.07, 6.45) is -16.7. The Balaban J connectivity index is 0.000000744. The van der Waals surface area contributed by atoms with Crippen LogP contribution in [0.5, 0.6) is 0 Å². The van der Waals surface area contributed by atoms with Crippen LogP contribution in [0.3, 0.4) is 0 Å². The number of aliphatic hydroxyl groups excluding tert-OH is 8. The molecule has 28 nitrogen and oxygen atoms in total. The molecule has 2 rings (SSSR count). The summed E-state index contributed by atoms with van der Waals surface area (Å²) < 4.78 is 41.1. The highest BCUT2D eigenvalue weighted by Crippen LogP contribution is 2.40. The molecule has 13 unspecified atom stereocenters. The first-order valence-electron chi connectivity index (χ1n) is 24.4. The first kappa shape index (κ1) is 67.9. The molecule has 0 aromatic carbocycles. The number of alkyl carbamates (subject to hydrolysis) is 2. The lowest BCUT2D eigenvalue weighted by Crippen LogP contribution is -2.68. The fraction of sp³-hybridized carbons (Fsp3) is 0.870. The van der Waals surface area contributed by atoms with Gasteiger partial charge in [0, 0.05) is 26.6 Å². The molecule has 0 aliphatic carbocycles. The minimum absolute atomic E-state index is 0.0103. The van der Waals surface area contributed by atoms with Crippen LogP contribution >= 0.6 is 0 Å². The summed E-state index contributed by atoms with van der Waals surface area (Å²) in [7, 11) is 3.04. The van der Waals surface area contributed by atoms with Gasteiger partial charge in [-0.1, -0.05) is 41.5 Å². The number of nitrogens with one attached hydrogen (secondary N) is 4. The predicted octanol–water partition coefficient (Wildman–Crippen LogP) is -3.68. The first-order valence-corrected chi connectivity index (χ1v) is 24.4. The molecule has 2 aliphatic heterocycles. The van der Waals surface area contributed by atoms with Crippen molar-refractivity contribution in [3.8, 4) is 0 Å². The van der Waals surface area contributed by atoms with Gasteiger partial charge < -0.3 is 110 Å². The Bertz CT molecular complexity index is 1660. The number of aliphatic hydroxyl groups is 8. The molecule has 0 bridgehead atoms. The molecule has 14 N–H and O–H groups in total. The zero-order chi connectivity index (χ0) is 56.3. The van der Waals surface area contributed by atoms with Crippen LogP contribution in [0.1, 0.15) is 60.8 Å². The normalized spacial score (nSPS) is 25.5. The highest BCUT2D eigenvalue weighted by atomic mass is 16.6. The Morgan fingerprint density at radius 3 is 1.50 bits per heavy atom. The highest BCUT2D eigenvalue weighted by molar-refractivity contribution is 5.83. The van der Waals surface area contributed by atoms with Crippen molar-refractivity contribution >= 4 is 35.9 Å². The topological polar surface area (TPSA) is 427 Å². The molecule has 4 amide bonds. The summed E-state index contributed by atoms with van der Waals surface area (Å²) in [6, 6.07) is -2.70. The van der Waals surface area contributed by atoms with Gasteiger partial charge in [-0.25, -0.2) is 19.2 Å². The van der Waals surface area contributed by atoms with Gasteiger partial charge in [0.1, 0.15) is 62.9 Å². The van der Waals surface area contributed by atoms with Crippen LogP contribution in [0.15, 0.2) is 0 Å². The van der Waals surface area contributed by atoms with Crippen molar-refractivity contribution in [2.75, 3.05) is 93.4 Å². The second kappa shape index (κ2) is 35.2. The maximum absolute atomic E-state index is 12.6. The number of carboxylic acids is 2. The van der Waals surface area contributed by atoms with Gasteiger partial charge in [0.25, 0.3) is 0 Å². The third kappa shape index (κ3) is 23.0. The van der Waals surface area contributed by atoms with Crippen molar-refractivity contribution in [3.05, 3.63) is 0 Å². The second-order valence-electron chi connectivity index (χ2n) is 19.0. The van der Waals surface area contributed by atoms with Crippen LogP contribution in [0.2, 0.25) is 0 Å². The lowest BCUT2D eigenvalue weighted by atomic mass is 9.73. The van der Waals surface area contributed by atoms with Crippen molar-refractivity contribution in [2.24, 2.45) is 29.6 Å². The number of aliphatic carboxylic acids is 2. The van der Waals surface area contributed by atoms with Crippen LogP contribution in [0, 0.1) is 29.6 Å². The maximum Gasteiger partial charge on any atom is 0.407 e. The standard InChI is InChI=1S/C25H46N2O12.C21H38N2O12/c1-14(2)16(15(3)4)10-25(23(33)34)11-17(29)20(22(39-25)21(32)18(30)13-28)27-19(31)12-26-24(35)38-9-8-37-7-6-36-5;1-11(2)8-12-16(27)15(19(17(28)13(25)10-24)35-18(12)20(29)30)23-14(26)9-22-21(31)34-7-6-33-5-4-32-3/h14-18,20-22,28-30,32H,6-13H2,1-5H3,(H,26,35)(H,27,31)(H,33,34);11-13,15-19,24-25,27-28H,4-10H2,1-3H3,(H,22,31)(H,23,26)(H,29,30). The van der Waals surface area contributed by atoms with Crippen molar-refractivity contribution in [2.45, 2.75) is 133 Å². The summed E-state index contributed by atoms with van der Waals surface area (Å²) in [5.41, 5.74) is -1.92. The summed E-state index contributed by atoms with van der Waals surface area (Å²) in [4.78, 5) is 72.9. The minimum Gasteiger partial charge on any atom is -0.479 e. The average molecular weight is 1080 g/mol. The van der Waals surface area contributed by atoms with E-state index in [1.165, 1.54) is 14.2 Å². The van der Waals surface area contributed by atoms with Gasteiger partial charge in [-0.3, -0.25) is 9.59 Å². The van der Waals surface area contributed by atoms with Gasteiger partial charge in [-0.15, -0.1) is 0 Å². The molecule has 2 saturated heterocycles. The fourth-order valence-corrected chi connectivity index (χ4v) is 8.42.